The Labute approximate surface area is 114 Å². The second kappa shape index (κ2) is 4.44. The number of benzene rings is 1. The van der Waals surface area contributed by atoms with Crippen LogP contribution in [0.1, 0.15) is 21.6 Å². The molecule has 0 atom stereocenters. The molecule has 0 saturated carbocycles. The molecule has 0 saturated heterocycles. The summed E-state index contributed by atoms with van der Waals surface area (Å²) in [6.45, 7) is 0.904. The number of hydrogen-bond donors (Lipinski definition) is 4. The lowest BCUT2D eigenvalue weighted by atomic mass is 10.1. The molecule has 2 heterocycles. The minimum absolute atomic E-state index is 0.142. The largest absolute Gasteiger partial charge is 0.508 e. The summed E-state index contributed by atoms with van der Waals surface area (Å²) in [4.78, 5) is 14.0. The maximum Gasteiger partial charge on any atom is 0.254 e. The molecule has 1 aliphatic heterocycles. The third kappa shape index (κ3) is 2.03. The Morgan fingerprint density at radius 2 is 2.00 bits per heavy atom. The van der Waals surface area contributed by atoms with Gasteiger partial charge in [0.2, 0.25) is 0 Å². The average Bonchev–Trinajstić information content (AvgIpc) is 2.78. The quantitative estimate of drug-likeness (QED) is 0.608. The Kier molecular flexibility index (Phi) is 2.74. The Morgan fingerprint density at radius 3 is 2.70 bits per heavy atom. The number of phenols is 2. The van der Waals surface area contributed by atoms with Gasteiger partial charge in [-0.2, -0.15) is 5.10 Å². The van der Waals surface area contributed by atoms with Crippen molar-refractivity contribution in [1.82, 2.24) is 15.1 Å². The van der Waals surface area contributed by atoms with Crippen molar-refractivity contribution in [3.63, 3.8) is 0 Å². The molecular weight excluding hydrogens is 260 g/mol. The van der Waals surface area contributed by atoms with Gasteiger partial charge in [0.25, 0.3) is 5.91 Å². The summed E-state index contributed by atoms with van der Waals surface area (Å²) in [5.41, 5.74) is 7.75. The van der Waals surface area contributed by atoms with E-state index < -0.39 is 0 Å². The highest BCUT2D eigenvalue weighted by atomic mass is 16.3. The van der Waals surface area contributed by atoms with E-state index in [1.165, 1.54) is 18.2 Å². The number of carbonyl (C=O) groups is 1. The highest BCUT2D eigenvalue weighted by Crippen LogP contribution is 2.25. The minimum atomic E-state index is -0.255. The normalized spacial score (nSPS) is 14.1. The first-order valence-electron chi connectivity index (χ1n) is 6.18. The van der Waals surface area contributed by atoms with Crippen LogP contribution < -0.4 is 5.73 Å². The predicted octanol–water partition coefficient (Wildman–Crippen LogP) is 0.602. The van der Waals surface area contributed by atoms with Crippen LogP contribution >= 0.6 is 0 Å². The Balaban J connectivity index is 1.85. The van der Waals surface area contributed by atoms with Gasteiger partial charge in [-0.05, 0) is 18.6 Å². The minimum Gasteiger partial charge on any atom is -0.508 e. The van der Waals surface area contributed by atoms with Crippen LogP contribution in [0.2, 0.25) is 0 Å². The molecular formula is C13H14N4O3. The summed E-state index contributed by atoms with van der Waals surface area (Å²) in [5.74, 6) is -0.0641. The number of aromatic nitrogens is 2. The lowest BCUT2D eigenvalue weighted by Gasteiger charge is -2.26. The molecule has 20 heavy (non-hydrogen) atoms. The molecule has 1 amide bonds. The van der Waals surface area contributed by atoms with E-state index >= 15 is 0 Å². The molecule has 1 aromatic carbocycles. The molecule has 1 aromatic heterocycles. The number of H-pyrrole nitrogens is 1. The zero-order valence-corrected chi connectivity index (χ0v) is 10.6. The molecule has 0 unspecified atom stereocenters. The SMILES string of the molecule is Nc1n[nH]c2c1CCN(C(=O)c1cc(O)cc(O)c1)C2. The summed E-state index contributed by atoms with van der Waals surface area (Å²) in [6, 6.07) is 3.85. The van der Waals surface area contributed by atoms with Gasteiger partial charge in [-0.1, -0.05) is 0 Å². The van der Waals surface area contributed by atoms with Crippen molar-refractivity contribution in [3.05, 3.63) is 35.0 Å². The smallest absolute Gasteiger partial charge is 0.254 e. The first kappa shape index (κ1) is 12.3. The van der Waals surface area contributed by atoms with Crippen LogP contribution in [0.4, 0.5) is 5.82 Å². The number of rotatable bonds is 1. The number of aromatic hydroxyl groups is 2. The van der Waals surface area contributed by atoms with Gasteiger partial charge in [0.1, 0.15) is 17.3 Å². The van der Waals surface area contributed by atoms with Crippen LogP contribution in [-0.2, 0) is 13.0 Å². The number of amides is 1. The second-order valence-corrected chi connectivity index (χ2v) is 4.78. The second-order valence-electron chi connectivity index (χ2n) is 4.78. The van der Waals surface area contributed by atoms with Crippen LogP contribution in [0.5, 0.6) is 11.5 Å². The zero-order chi connectivity index (χ0) is 14.3. The third-order valence-electron chi connectivity index (χ3n) is 3.40. The van der Waals surface area contributed by atoms with Crippen LogP contribution in [0.3, 0.4) is 0 Å². The lowest BCUT2D eigenvalue weighted by Crippen LogP contribution is -2.36. The fourth-order valence-corrected chi connectivity index (χ4v) is 2.42. The van der Waals surface area contributed by atoms with E-state index in [1.807, 2.05) is 0 Å². The van der Waals surface area contributed by atoms with Crippen molar-refractivity contribution in [1.29, 1.82) is 0 Å². The average molecular weight is 274 g/mol. The molecule has 3 rings (SSSR count). The monoisotopic (exact) mass is 274 g/mol. The van der Waals surface area contributed by atoms with Crippen LogP contribution in [0.15, 0.2) is 18.2 Å². The van der Waals surface area contributed by atoms with Crippen molar-refractivity contribution in [2.75, 3.05) is 12.3 Å². The third-order valence-corrected chi connectivity index (χ3v) is 3.40. The highest BCUT2D eigenvalue weighted by Gasteiger charge is 2.25. The summed E-state index contributed by atoms with van der Waals surface area (Å²) in [5, 5.41) is 25.6. The summed E-state index contributed by atoms with van der Waals surface area (Å²) in [7, 11) is 0. The van der Waals surface area contributed by atoms with E-state index in [0.717, 1.165) is 11.3 Å². The maximum atomic E-state index is 12.4. The number of anilines is 1. The van der Waals surface area contributed by atoms with Crippen LogP contribution in [0, 0.1) is 0 Å². The van der Waals surface area contributed by atoms with Crippen molar-refractivity contribution in [2.24, 2.45) is 0 Å². The van der Waals surface area contributed by atoms with Crippen molar-refractivity contribution < 1.29 is 15.0 Å². The Morgan fingerprint density at radius 1 is 1.30 bits per heavy atom. The molecule has 0 spiro atoms. The number of fused-ring (bicyclic) bond motifs is 1. The summed E-state index contributed by atoms with van der Waals surface area (Å²) >= 11 is 0. The topological polar surface area (TPSA) is 115 Å². The van der Waals surface area contributed by atoms with E-state index in [2.05, 4.69) is 10.2 Å². The molecule has 0 radical (unpaired) electrons. The van der Waals surface area contributed by atoms with E-state index in [4.69, 9.17) is 5.73 Å². The van der Waals surface area contributed by atoms with Gasteiger partial charge in [0.15, 0.2) is 0 Å². The van der Waals surface area contributed by atoms with Gasteiger partial charge < -0.3 is 20.8 Å². The standard InChI is InChI=1S/C13H14N4O3/c14-12-10-1-2-17(6-11(10)15-16-12)13(20)7-3-8(18)5-9(19)4-7/h3-5,18-19H,1-2,6H2,(H3,14,15,16). The van der Waals surface area contributed by atoms with Crippen molar-refractivity contribution >= 4 is 11.7 Å². The number of aromatic amines is 1. The molecule has 2 aromatic rings. The molecule has 1 aliphatic rings. The van der Waals surface area contributed by atoms with Gasteiger partial charge in [0, 0.05) is 23.7 Å². The first-order chi connectivity index (χ1) is 9.54. The van der Waals surface area contributed by atoms with Gasteiger partial charge >= 0.3 is 0 Å². The lowest BCUT2D eigenvalue weighted by molar-refractivity contribution is 0.0731. The molecule has 0 bridgehead atoms. The zero-order valence-electron chi connectivity index (χ0n) is 10.6. The number of phenolic OH excluding ortho intramolecular Hbond substituents is 2. The highest BCUT2D eigenvalue weighted by molar-refractivity contribution is 5.95. The first-order valence-corrected chi connectivity index (χ1v) is 6.18. The fraction of sp³-hybridized carbons (Fsp3) is 0.231. The number of carbonyl (C=O) groups excluding carboxylic acids is 1. The Hall–Kier alpha value is -2.70. The van der Waals surface area contributed by atoms with Gasteiger partial charge in [-0.3, -0.25) is 9.89 Å². The van der Waals surface area contributed by atoms with Gasteiger partial charge in [0.05, 0.1) is 12.2 Å². The van der Waals surface area contributed by atoms with E-state index in [0.29, 0.717) is 25.3 Å². The van der Waals surface area contributed by atoms with E-state index in [9.17, 15) is 15.0 Å². The van der Waals surface area contributed by atoms with Crippen molar-refractivity contribution in [2.45, 2.75) is 13.0 Å². The molecule has 7 heteroatoms. The van der Waals surface area contributed by atoms with Crippen molar-refractivity contribution in [3.8, 4) is 11.5 Å². The van der Waals surface area contributed by atoms with Crippen LogP contribution in [0.25, 0.3) is 0 Å². The number of hydrogen-bond acceptors (Lipinski definition) is 5. The summed E-state index contributed by atoms with van der Waals surface area (Å²) < 4.78 is 0. The van der Waals surface area contributed by atoms with Gasteiger partial charge in [-0.15, -0.1) is 0 Å². The molecule has 5 N–H and O–H groups in total. The van der Waals surface area contributed by atoms with E-state index in [1.54, 1.807) is 4.90 Å². The molecule has 7 nitrogen and oxygen atoms in total. The summed E-state index contributed by atoms with van der Waals surface area (Å²) in [6.07, 6.45) is 0.633. The number of nitrogen functional groups attached to an aromatic ring is 1. The number of nitrogens with one attached hydrogen (secondary N) is 1. The molecule has 104 valence electrons. The molecule has 0 fully saturated rings. The number of nitrogens with two attached hydrogens (primary N) is 1. The predicted molar refractivity (Wildman–Crippen MR) is 71.2 cm³/mol. The van der Waals surface area contributed by atoms with Crippen LogP contribution in [-0.4, -0.2) is 37.8 Å². The fourth-order valence-electron chi connectivity index (χ4n) is 2.42. The van der Waals surface area contributed by atoms with Gasteiger partial charge in [-0.25, -0.2) is 0 Å². The Bertz CT molecular complexity index is 660. The maximum absolute atomic E-state index is 12.4. The van der Waals surface area contributed by atoms with E-state index in [-0.39, 0.29) is 23.0 Å². The number of nitrogens with zero attached hydrogens (tertiary/aromatic N) is 2. The molecule has 0 aliphatic carbocycles.